The van der Waals surface area contributed by atoms with Crippen LogP contribution in [0.4, 0.5) is 0 Å². The highest BCUT2D eigenvalue weighted by Crippen LogP contribution is 2.35. The molecular weight excluding hydrogens is 240 g/mol. The van der Waals surface area contributed by atoms with E-state index in [1.54, 1.807) is 12.1 Å². The van der Waals surface area contributed by atoms with Crippen LogP contribution in [-0.2, 0) is 4.74 Å². The molecule has 2 aliphatic heterocycles. The molecule has 1 aromatic carbocycles. The molecule has 1 spiro atoms. The summed E-state index contributed by atoms with van der Waals surface area (Å²) in [5.74, 6) is 0.818. The molecule has 1 aromatic rings. The summed E-state index contributed by atoms with van der Waals surface area (Å²) in [6.07, 6.45) is 3.24. The van der Waals surface area contributed by atoms with Gasteiger partial charge in [-0.25, -0.2) is 0 Å². The topological polar surface area (TPSA) is 54.3 Å². The molecule has 2 aliphatic rings. The van der Waals surface area contributed by atoms with Crippen molar-refractivity contribution in [2.75, 3.05) is 19.7 Å². The van der Waals surface area contributed by atoms with Crippen molar-refractivity contribution in [3.8, 4) is 11.8 Å². The Kier molecular flexibility index (Phi) is 3.41. The van der Waals surface area contributed by atoms with Crippen LogP contribution in [0.25, 0.3) is 0 Å². The van der Waals surface area contributed by atoms with Crippen LogP contribution < -0.4 is 10.1 Å². The molecule has 2 heterocycles. The van der Waals surface area contributed by atoms with Gasteiger partial charge in [0.25, 0.3) is 0 Å². The number of benzene rings is 1. The number of rotatable bonds is 2. The average Bonchev–Trinajstić information content (AvgIpc) is 2.83. The zero-order valence-corrected chi connectivity index (χ0v) is 10.9. The van der Waals surface area contributed by atoms with Crippen LogP contribution in [0.2, 0.25) is 0 Å². The number of hydrogen-bond acceptors (Lipinski definition) is 4. The Balaban J connectivity index is 1.60. The molecule has 100 valence electrons. The lowest BCUT2D eigenvalue weighted by Crippen LogP contribution is -2.41. The average molecular weight is 258 g/mol. The fraction of sp³-hybridized carbons (Fsp3) is 0.533. The summed E-state index contributed by atoms with van der Waals surface area (Å²) in [5.41, 5.74) is 0.688. The van der Waals surface area contributed by atoms with Gasteiger partial charge in [0.1, 0.15) is 11.9 Å². The van der Waals surface area contributed by atoms with E-state index in [1.807, 2.05) is 12.1 Å². The molecule has 4 nitrogen and oxygen atoms in total. The van der Waals surface area contributed by atoms with Gasteiger partial charge < -0.3 is 14.8 Å². The van der Waals surface area contributed by atoms with Gasteiger partial charge in [-0.15, -0.1) is 0 Å². The van der Waals surface area contributed by atoms with Gasteiger partial charge in [0, 0.05) is 6.42 Å². The third-order valence-corrected chi connectivity index (χ3v) is 3.98. The quantitative estimate of drug-likeness (QED) is 0.879. The van der Waals surface area contributed by atoms with Crippen molar-refractivity contribution in [1.82, 2.24) is 5.32 Å². The summed E-state index contributed by atoms with van der Waals surface area (Å²) in [5, 5.41) is 12.1. The van der Waals surface area contributed by atoms with E-state index in [0.717, 1.165) is 38.1 Å². The molecule has 0 radical (unpaired) electrons. The molecule has 3 rings (SSSR count). The first kappa shape index (κ1) is 12.5. The maximum absolute atomic E-state index is 8.76. The van der Waals surface area contributed by atoms with Gasteiger partial charge >= 0.3 is 0 Å². The van der Waals surface area contributed by atoms with Crippen molar-refractivity contribution < 1.29 is 9.47 Å². The first-order valence-corrected chi connectivity index (χ1v) is 6.81. The van der Waals surface area contributed by atoms with Crippen molar-refractivity contribution in [1.29, 1.82) is 5.26 Å². The Morgan fingerprint density at radius 3 is 2.68 bits per heavy atom. The zero-order chi connectivity index (χ0) is 13.1. The maximum Gasteiger partial charge on any atom is 0.125 e. The van der Waals surface area contributed by atoms with Crippen LogP contribution >= 0.6 is 0 Å². The molecule has 0 aliphatic carbocycles. The third-order valence-electron chi connectivity index (χ3n) is 3.98. The standard InChI is InChI=1S/C15H18N2O2/c16-10-12-1-3-13(4-2-12)19-14-9-15(18-11-14)5-7-17-8-6-15/h1-4,14,17H,5-9,11H2. The summed E-state index contributed by atoms with van der Waals surface area (Å²) in [4.78, 5) is 0. The summed E-state index contributed by atoms with van der Waals surface area (Å²) < 4.78 is 11.9. The zero-order valence-electron chi connectivity index (χ0n) is 10.9. The molecule has 1 unspecified atom stereocenters. The minimum atomic E-state index is 0.0303. The minimum Gasteiger partial charge on any atom is -0.488 e. The van der Waals surface area contributed by atoms with Crippen molar-refractivity contribution in [2.45, 2.75) is 31.0 Å². The summed E-state index contributed by atoms with van der Waals surface area (Å²) >= 11 is 0. The Morgan fingerprint density at radius 2 is 2.00 bits per heavy atom. The van der Waals surface area contributed by atoms with Gasteiger partial charge in [-0.05, 0) is 50.2 Å². The van der Waals surface area contributed by atoms with E-state index >= 15 is 0 Å². The van der Waals surface area contributed by atoms with E-state index in [2.05, 4.69) is 11.4 Å². The van der Waals surface area contributed by atoms with Gasteiger partial charge in [-0.3, -0.25) is 0 Å². The van der Waals surface area contributed by atoms with E-state index in [1.165, 1.54) is 0 Å². The highest BCUT2D eigenvalue weighted by Gasteiger charge is 2.42. The predicted octanol–water partition coefficient (Wildman–Crippen LogP) is 1.85. The molecule has 0 aromatic heterocycles. The van der Waals surface area contributed by atoms with Crippen LogP contribution in [0.5, 0.6) is 5.75 Å². The molecule has 0 saturated carbocycles. The fourth-order valence-electron chi connectivity index (χ4n) is 2.91. The highest BCUT2D eigenvalue weighted by molar-refractivity contribution is 5.34. The van der Waals surface area contributed by atoms with Crippen LogP contribution in [-0.4, -0.2) is 31.4 Å². The maximum atomic E-state index is 8.76. The number of nitrogens with one attached hydrogen (secondary N) is 1. The second-order valence-electron chi connectivity index (χ2n) is 5.32. The Morgan fingerprint density at radius 1 is 1.26 bits per heavy atom. The first-order chi connectivity index (χ1) is 9.30. The molecule has 2 saturated heterocycles. The molecular formula is C15H18N2O2. The van der Waals surface area contributed by atoms with Crippen LogP contribution in [0.1, 0.15) is 24.8 Å². The number of piperidine rings is 1. The van der Waals surface area contributed by atoms with E-state index in [0.29, 0.717) is 12.2 Å². The van der Waals surface area contributed by atoms with Gasteiger partial charge in [-0.2, -0.15) is 5.26 Å². The molecule has 19 heavy (non-hydrogen) atoms. The van der Waals surface area contributed by atoms with E-state index in [-0.39, 0.29) is 11.7 Å². The minimum absolute atomic E-state index is 0.0303. The van der Waals surface area contributed by atoms with Gasteiger partial charge in [0.05, 0.1) is 23.8 Å². The van der Waals surface area contributed by atoms with Gasteiger partial charge in [0.2, 0.25) is 0 Å². The molecule has 1 atom stereocenters. The number of hydrogen-bond donors (Lipinski definition) is 1. The van der Waals surface area contributed by atoms with Crippen molar-refractivity contribution in [2.24, 2.45) is 0 Å². The van der Waals surface area contributed by atoms with Crippen molar-refractivity contribution >= 4 is 0 Å². The molecule has 0 bridgehead atoms. The summed E-state index contributed by atoms with van der Waals surface area (Å²) in [7, 11) is 0. The van der Waals surface area contributed by atoms with Crippen LogP contribution in [0.3, 0.4) is 0 Å². The first-order valence-electron chi connectivity index (χ1n) is 6.81. The summed E-state index contributed by atoms with van der Waals surface area (Å²) in [6.45, 7) is 2.73. The third kappa shape index (κ3) is 2.73. The monoisotopic (exact) mass is 258 g/mol. The lowest BCUT2D eigenvalue weighted by Gasteiger charge is -2.32. The second kappa shape index (κ2) is 5.20. The predicted molar refractivity (Wildman–Crippen MR) is 71.0 cm³/mol. The second-order valence-corrected chi connectivity index (χ2v) is 5.32. The van der Waals surface area contributed by atoms with Crippen LogP contribution in [0.15, 0.2) is 24.3 Å². The van der Waals surface area contributed by atoms with Gasteiger partial charge in [-0.1, -0.05) is 0 Å². The van der Waals surface area contributed by atoms with Crippen molar-refractivity contribution in [3.63, 3.8) is 0 Å². The van der Waals surface area contributed by atoms with E-state index < -0.39 is 0 Å². The Hall–Kier alpha value is -1.57. The smallest absolute Gasteiger partial charge is 0.125 e. The van der Waals surface area contributed by atoms with Crippen molar-refractivity contribution in [3.05, 3.63) is 29.8 Å². The Bertz CT molecular complexity index is 472. The van der Waals surface area contributed by atoms with Gasteiger partial charge in [0.15, 0.2) is 0 Å². The summed E-state index contributed by atoms with van der Waals surface area (Å²) in [6, 6.07) is 9.38. The fourth-order valence-corrected chi connectivity index (χ4v) is 2.91. The number of nitriles is 1. The molecule has 1 N–H and O–H groups in total. The largest absolute Gasteiger partial charge is 0.488 e. The normalized spacial score (nSPS) is 25.1. The Labute approximate surface area is 113 Å². The molecule has 4 heteroatoms. The molecule has 0 amide bonds. The number of nitrogens with zero attached hydrogens (tertiary/aromatic N) is 1. The lowest BCUT2D eigenvalue weighted by atomic mass is 9.89. The van der Waals surface area contributed by atoms with E-state index in [4.69, 9.17) is 14.7 Å². The van der Waals surface area contributed by atoms with Crippen LogP contribution in [0, 0.1) is 11.3 Å². The van der Waals surface area contributed by atoms with E-state index in [9.17, 15) is 0 Å². The SMILES string of the molecule is N#Cc1ccc(OC2COC3(CCNCC3)C2)cc1. The molecule has 2 fully saturated rings. The highest BCUT2D eigenvalue weighted by atomic mass is 16.6. The number of ether oxygens (including phenoxy) is 2. The lowest BCUT2D eigenvalue weighted by molar-refractivity contribution is -0.0205.